The summed E-state index contributed by atoms with van der Waals surface area (Å²) in [6.07, 6.45) is -2.70. The molecule has 5 nitrogen and oxygen atoms in total. The Morgan fingerprint density at radius 1 is 1.50 bits per heavy atom. The van der Waals surface area contributed by atoms with Crippen LogP contribution in [0.2, 0.25) is 0 Å². The Morgan fingerprint density at radius 3 is 2.83 bits per heavy atom. The summed E-state index contributed by atoms with van der Waals surface area (Å²) in [4.78, 5) is 13.7. The van der Waals surface area contributed by atoms with Gasteiger partial charge in [0.05, 0.1) is 19.3 Å². The molecule has 0 aromatic carbocycles. The molecule has 2 atom stereocenters. The van der Waals surface area contributed by atoms with Crippen molar-refractivity contribution in [3.8, 4) is 0 Å². The van der Waals surface area contributed by atoms with E-state index in [1.54, 1.807) is 0 Å². The highest BCUT2D eigenvalue weighted by Gasteiger charge is 2.47. The Morgan fingerprint density at radius 2 is 2.25 bits per heavy atom. The number of alkyl halides is 3. The number of rotatable bonds is 3. The van der Waals surface area contributed by atoms with Crippen LogP contribution in [-0.2, 0) is 11.2 Å². The topological polar surface area (TPSA) is 56.2 Å². The average Bonchev–Trinajstić information content (AvgIpc) is 3.18. The molecule has 0 spiro atoms. The summed E-state index contributed by atoms with van der Waals surface area (Å²) < 4.78 is 45.9. The van der Waals surface area contributed by atoms with Gasteiger partial charge < -0.3 is 10.1 Å². The van der Waals surface area contributed by atoms with E-state index in [9.17, 15) is 18.0 Å². The third-order valence-electron chi connectivity index (χ3n) is 4.02. The predicted octanol–water partition coefficient (Wildman–Crippen LogP) is 3.95. The molecule has 0 bridgehead atoms. The van der Waals surface area contributed by atoms with Crippen molar-refractivity contribution in [2.45, 2.75) is 38.0 Å². The first-order valence-electron chi connectivity index (χ1n) is 7.42. The van der Waals surface area contributed by atoms with Crippen LogP contribution in [0.25, 0.3) is 0 Å². The average molecular weight is 359 g/mol. The standard InChI is InChI=1S/C15H16F3N3O2S/c1-3-8-4-5-11(24-8)10-6-12(15(16,17)18)21-13(20-10)9(7-19-21)14(22)23-2/h4-5,7,10,12,20H,3,6H2,1-2H3/t10-,12+/m0/s1. The van der Waals surface area contributed by atoms with Crippen LogP contribution in [0, 0.1) is 0 Å². The molecular formula is C15H16F3N3O2S. The molecule has 0 aliphatic carbocycles. The fourth-order valence-corrected chi connectivity index (χ4v) is 3.80. The predicted molar refractivity (Wildman–Crippen MR) is 83.3 cm³/mol. The lowest BCUT2D eigenvalue weighted by Crippen LogP contribution is -2.35. The summed E-state index contributed by atoms with van der Waals surface area (Å²) in [7, 11) is 1.18. The molecule has 1 aliphatic heterocycles. The number of aromatic nitrogens is 2. The van der Waals surface area contributed by atoms with E-state index in [4.69, 9.17) is 0 Å². The lowest BCUT2D eigenvalue weighted by Gasteiger charge is -2.33. The fraction of sp³-hybridized carbons (Fsp3) is 0.467. The van der Waals surface area contributed by atoms with E-state index < -0.39 is 24.2 Å². The second kappa shape index (κ2) is 6.12. The van der Waals surface area contributed by atoms with Crippen LogP contribution in [0.5, 0.6) is 0 Å². The molecule has 0 saturated carbocycles. The van der Waals surface area contributed by atoms with Gasteiger partial charge in [-0.05, 0) is 18.6 Å². The van der Waals surface area contributed by atoms with E-state index in [2.05, 4.69) is 15.2 Å². The first-order valence-corrected chi connectivity index (χ1v) is 8.24. The third kappa shape index (κ3) is 2.88. The maximum Gasteiger partial charge on any atom is 0.410 e. The SMILES string of the molecule is CCc1ccc([C@@H]2C[C@H](C(F)(F)F)n3ncc(C(=O)OC)c3N2)s1. The highest BCUT2D eigenvalue weighted by atomic mass is 32.1. The van der Waals surface area contributed by atoms with Crippen LogP contribution in [0.3, 0.4) is 0 Å². The minimum Gasteiger partial charge on any atom is -0.465 e. The number of thiophene rings is 1. The monoisotopic (exact) mass is 359 g/mol. The van der Waals surface area contributed by atoms with Gasteiger partial charge in [0.2, 0.25) is 0 Å². The number of anilines is 1. The van der Waals surface area contributed by atoms with Crippen LogP contribution in [0.15, 0.2) is 18.3 Å². The largest absolute Gasteiger partial charge is 0.465 e. The number of nitrogens with one attached hydrogen (secondary N) is 1. The minimum atomic E-state index is -4.46. The van der Waals surface area contributed by atoms with Crippen molar-refractivity contribution in [3.63, 3.8) is 0 Å². The van der Waals surface area contributed by atoms with Gasteiger partial charge in [0.1, 0.15) is 11.4 Å². The van der Waals surface area contributed by atoms with Gasteiger partial charge in [0.25, 0.3) is 0 Å². The van der Waals surface area contributed by atoms with Crippen LogP contribution in [0.4, 0.5) is 19.0 Å². The zero-order chi connectivity index (χ0) is 17.5. The number of halogens is 3. The van der Waals surface area contributed by atoms with Crippen LogP contribution in [-0.4, -0.2) is 29.0 Å². The van der Waals surface area contributed by atoms with Gasteiger partial charge in [-0.15, -0.1) is 11.3 Å². The molecular weight excluding hydrogens is 343 g/mol. The van der Waals surface area contributed by atoms with E-state index in [0.29, 0.717) is 0 Å². The number of carbonyl (C=O) groups is 1. The number of carbonyl (C=O) groups excluding carboxylic acids is 1. The van der Waals surface area contributed by atoms with E-state index in [-0.39, 0.29) is 17.8 Å². The second-order valence-electron chi connectivity index (χ2n) is 5.49. The van der Waals surface area contributed by atoms with Gasteiger partial charge in [-0.25, -0.2) is 9.48 Å². The maximum absolute atomic E-state index is 13.5. The smallest absolute Gasteiger partial charge is 0.410 e. The molecule has 0 radical (unpaired) electrons. The molecule has 0 amide bonds. The number of fused-ring (bicyclic) bond motifs is 1. The van der Waals surface area contributed by atoms with E-state index in [0.717, 1.165) is 27.1 Å². The van der Waals surface area contributed by atoms with Gasteiger partial charge in [0.15, 0.2) is 6.04 Å². The molecule has 24 heavy (non-hydrogen) atoms. The van der Waals surface area contributed by atoms with E-state index in [1.165, 1.54) is 18.4 Å². The lowest BCUT2D eigenvalue weighted by atomic mass is 10.0. The Hall–Kier alpha value is -2.03. The zero-order valence-electron chi connectivity index (χ0n) is 13.1. The molecule has 9 heteroatoms. The Bertz CT molecular complexity index is 753. The van der Waals surface area contributed by atoms with E-state index in [1.807, 2.05) is 19.1 Å². The van der Waals surface area contributed by atoms with Crippen LogP contribution >= 0.6 is 11.3 Å². The van der Waals surface area contributed by atoms with Gasteiger partial charge in [0, 0.05) is 16.2 Å². The van der Waals surface area contributed by atoms with Crippen molar-refractivity contribution in [1.29, 1.82) is 0 Å². The van der Waals surface area contributed by atoms with Crippen molar-refractivity contribution in [1.82, 2.24) is 9.78 Å². The summed E-state index contributed by atoms with van der Waals surface area (Å²) in [5, 5.41) is 6.79. The highest BCUT2D eigenvalue weighted by molar-refractivity contribution is 7.12. The lowest BCUT2D eigenvalue weighted by molar-refractivity contribution is -0.173. The zero-order valence-corrected chi connectivity index (χ0v) is 13.9. The van der Waals surface area contributed by atoms with Crippen molar-refractivity contribution in [2.75, 3.05) is 12.4 Å². The molecule has 0 saturated heterocycles. The number of hydrogen-bond acceptors (Lipinski definition) is 5. The van der Waals surface area contributed by atoms with Crippen LogP contribution < -0.4 is 5.32 Å². The molecule has 2 aromatic rings. The maximum atomic E-state index is 13.5. The van der Waals surface area contributed by atoms with Gasteiger partial charge in [-0.3, -0.25) is 0 Å². The van der Waals surface area contributed by atoms with Gasteiger partial charge >= 0.3 is 12.1 Å². The normalized spacial score (nSPS) is 20.4. The molecule has 0 fully saturated rings. The second-order valence-corrected chi connectivity index (χ2v) is 6.69. The fourth-order valence-electron chi connectivity index (χ4n) is 2.78. The molecule has 3 rings (SSSR count). The molecule has 1 N–H and O–H groups in total. The number of methoxy groups -OCH3 is 1. The molecule has 3 heterocycles. The molecule has 130 valence electrons. The number of esters is 1. The van der Waals surface area contributed by atoms with Crippen molar-refractivity contribution < 1.29 is 22.7 Å². The van der Waals surface area contributed by atoms with Crippen molar-refractivity contribution >= 4 is 23.1 Å². The van der Waals surface area contributed by atoms with Crippen molar-refractivity contribution in [3.05, 3.63) is 33.6 Å². The number of nitrogens with zero attached hydrogens (tertiary/aromatic N) is 2. The number of aryl methyl sites for hydroxylation is 1. The molecule has 2 aromatic heterocycles. The first-order chi connectivity index (χ1) is 11.3. The van der Waals surface area contributed by atoms with Gasteiger partial charge in [-0.1, -0.05) is 6.92 Å². The summed E-state index contributed by atoms with van der Waals surface area (Å²) in [5.41, 5.74) is 0.00345. The summed E-state index contributed by atoms with van der Waals surface area (Å²) in [5.74, 6) is -0.669. The summed E-state index contributed by atoms with van der Waals surface area (Å²) >= 11 is 1.47. The van der Waals surface area contributed by atoms with E-state index >= 15 is 0 Å². The Balaban J connectivity index is 2.03. The molecule has 0 unspecified atom stereocenters. The summed E-state index contributed by atoms with van der Waals surface area (Å²) in [6.45, 7) is 1.99. The quantitative estimate of drug-likeness (QED) is 0.843. The highest BCUT2D eigenvalue weighted by Crippen LogP contribution is 2.45. The van der Waals surface area contributed by atoms with Crippen molar-refractivity contribution in [2.24, 2.45) is 0 Å². The third-order valence-corrected chi connectivity index (χ3v) is 5.36. The Kier molecular flexibility index (Phi) is 4.29. The van der Waals surface area contributed by atoms with Crippen LogP contribution in [0.1, 0.15) is 45.5 Å². The van der Waals surface area contributed by atoms with Gasteiger partial charge in [-0.2, -0.15) is 18.3 Å². The minimum absolute atomic E-state index is 0.00345. The first kappa shape index (κ1) is 16.8. The number of hydrogen-bond donors (Lipinski definition) is 1. The summed E-state index contributed by atoms with van der Waals surface area (Å²) in [6, 6.07) is 1.43. The Labute approximate surface area is 140 Å². The molecule has 1 aliphatic rings. The number of ether oxygens (including phenoxy) is 1.